The van der Waals surface area contributed by atoms with Crippen LogP contribution in [-0.4, -0.2) is 122 Å². The Kier molecular flexibility index (Phi) is 22.4. The Labute approximate surface area is 421 Å². The molecule has 0 radical (unpaired) electrons. The zero-order valence-electron chi connectivity index (χ0n) is 42.5. The van der Waals surface area contributed by atoms with Crippen molar-refractivity contribution >= 4 is 35.5 Å². The maximum Gasteiger partial charge on any atom is 1.00 e. The Bertz CT molecular complexity index is 2290. The van der Waals surface area contributed by atoms with Gasteiger partial charge in [-0.3, -0.25) is 29.3 Å². The number of aldehydes is 1. The van der Waals surface area contributed by atoms with Gasteiger partial charge < -0.3 is 34.8 Å². The molecule has 0 aliphatic carbocycles. The summed E-state index contributed by atoms with van der Waals surface area (Å²) in [6.45, 7) is 24.1. The number of pyridine rings is 1. The van der Waals surface area contributed by atoms with Crippen molar-refractivity contribution in [2.24, 2.45) is 17.3 Å². The minimum Gasteiger partial charge on any atom is -0.672 e. The van der Waals surface area contributed by atoms with Crippen LogP contribution in [0, 0.1) is 24.2 Å². The number of rotatable bonds is 22. The van der Waals surface area contributed by atoms with Crippen molar-refractivity contribution in [2.45, 2.75) is 99.4 Å². The van der Waals surface area contributed by atoms with E-state index in [9.17, 15) is 19.2 Å². The molecule has 1 fully saturated rings. The van der Waals surface area contributed by atoms with E-state index in [0.29, 0.717) is 25.9 Å². The fourth-order valence-corrected chi connectivity index (χ4v) is 9.08. The van der Waals surface area contributed by atoms with E-state index in [-0.39, 0.29) is 83.9 Å². The summed E-state index contributed by atoms with van der Waals surface area (Å²) in [5, 5.41) is 5.67. The maximum absolute atomic E-state index is 13.8. The smallest absolute Gasteiger partial charge is 0.672 e. The van der Waals surface area contributed by atoms with E-state index in [1.54, 1.807) is 20.4 Å². The fraction of sp³-hybridized carbons (Fsp3) is 0.519. The van der Waals surface area contributed by atoms with Crippen LogP contribution in [0.2, 0.25) is 0 Å². The molecule has 5 rings (SSSR count). The number of aryl methyl sites for hydroxylation is 2. The van der Waals surface area contributed by atoms with Crippen molar-refractivity contribution in [1.29, 1.82) is 0 Å². The summed E-state index contributed by atoms with van der Waals surface area (Å²) in [6, 6.07) is 15.9. The number of likely N-dealkylation sites (N-methyl/N-ethyl adjacent to an activating group) is 2. The monoisotopic (exact) mass is 931 g/mol. The first-order valence-corrected chi connectivity index (χ1v) is 23.1. The van der Waals surface area contributed by atoms with Crippen LogP contribution < -0.4 is 40.3 Å². The zero-order chi connectivity index (χ0) is 48.9. The predicted molar refractivity (Wildman–Crippen MR) is 264 cm³/mol. The van der Waals surface area contributed by atoms with E-state index in [1.807, 2.05) is 57.7 Å². The molecule has 0 spiro atoms. The van der Waals surface area contributed by atoms with E-state index < -0.39 is 6.04 Å². The number of methoxy groups -OCH3 is 1. The Morgan fingerprint density at radius 2 is 1.78 bits per heavy atom. The maximum atomic E-state index is 13.8. The van der Waals surface area contributed by atoms with Gasteiger partial charge in [-0.1, -0.05) is 71.0 Å². The quantitative estimate of drug-likeness (QED) is 0.0636. The molecule has 4 unspecified atom stereocenters. The van der Waals surface area contributed by atoms with Gasteiger partial charge >= 0.3 is 29.6 Å². The number of carbonyl (C=O) groups is 4. The van der Waals surface area contributed by atoms with Gasteiger partial charge in [0.2, 0.25) is 5.91 Å². The van der Waals surface area contributed by atoms with E-state index in [0.717, 1.165) is 93.7 Å². The number of aromatic nitrogens is 2. The molecule has 2 amide bonds. The summed E-state index contributed by atoms with van der Waals surface area (Å²) in [5.41, 5.74) is 19.8. The molecule has 1 aliphatic heterocycles. The second-order valence-electron chi connectivity index (χ2n) is 18.8. The molecule has 360 valence electrons. The first kappa shape index (κ1) is 56.9. The summed E-state index contributed by atoms with van der Waals surface area (Å²) in [5.74, 6) is -0.165. The van der Waals surface area contributed by atoms with E-state index in [4.69, 9.17) is 20.2 Å². The third-order valence-corrected chi connectivity index (χ3v) is 12.3. The number of hydrazine groups is 1. The number of fused-ring (bicyclic) bond motifs is 1. The van der Waals surface area contributed by atoms with E-state index in [2.05, 4.69) is 92.0 Å². The molecule has 2 aromatic heterocycles. The van der Waals surface area contributed by atoms with E-state index >= 15 is 0 Å². The van der Waals surface area contributed by atoms with Crippen LogP contribution in [0.1, 0.15) is 83.4 Å². The molecule has 15 heteroatoms. The van der Waals surface area contributed by atoms with Gasteiger partial charge in [-0.05, 0) is 106 Å². The van der Waals surface area contributed by atoms with Gasteiger partial charge in [0.15, 0.2) is 0 Å². The van der Waals surface area contributed by atoms with Crippen molar-refractivity contribution in [1.82, 2.24) is 35.1 Å². The molecule has 1 aliphatic rings. The molecule has 3 heterocycles. The Balaban J connectivity index is 0.000000868. The number of amides is 2. The molecule has 4 aromatic rings. The van der Waals surface area contributed by atoms with Gasteiger partial charge in [0, 0.05) is 80.8 Å². The van der Waals surface area contributed by atoms with Crippen LogP contribution in [0.3, 0.4) is 0 Å². The van der Waals surface area contributed by atoms with Gasteiger partial charge in [0.1, 0.15) is 12.3 Å². The first-order valence-electron chi connectivity index (χ1n) is 23.1. The summed E-state index contributed by atoms with van der Waals surface area (Å²) < 4.78 is 13.4. The molecule has 2 aromatic carbocycles. The largest absolute Gasteiger partial charge is 1.00 e. The van der Waals surface area contributed by atoms with Crippen LogP contribution in [0.15, 0.2) is 67.0 Å². The molecular weight excluding hydrogens is 856 g/mol. The van der Waals surface area contributed by atoms with E-state index in [1.165, 1.54) is 5.01 Å². The number of nitrogens with one attached hydrogen (secondary N) is 3. The number of carbonyl (C=O) groups excluding carboxylic acids is 4. The van der Waals surface area contributed by atoms with Crippen molar-refractivity contribution in [3.8, 4) is 22.4 Å². The van der Waals surface area contributed by atoms with Gasteiger partial charge in [-0.25, -0.2) is 5.43 Å². The first-order chi connectivity index (χ1) is 31.3. The minimum atomic E-state index is -0.776. The van der Waals surface area contributed by atoms with Crippen molar-refractivity contribution in [3.63, 3.8) is 0 Å². The standard InChI is InChI=1S/C44H62N6O5.C8H13N2O.Na/c1-13-46-49(11)43(53)37(47-42(52)40(28(3)4)48(9)10)23-31-20-29(5)21-33(22-31)32-17-18-38-35(24-32)36(25-44(7,8)26-55-27-51)41(50(38)14-2)34-16-15-19-45-39(34)30(6)54-12;1-7(4-9)10-3-2-8(5-10)6-11;/h15-22,24,27-28,30,37,40,46H,13-14,23,25-26H2,1-12H3,(H,47,52);6,8-9H,1-5H2;/q;-1;+1. The molecule has 4 atom stereocenters. The molecule has 0 saturated carbocycles. The topological polar surface area (TPSA) is 162 Å². The van der Waals surface area contributed by atoms with Crippen LogP contribution in [0.4, 0.5) is 0 Å². The number of ether oxygens (including phenoxy) is 2. The van der Waals surface area contributed by atoms with Gasteiger partial charge in [0.25, 0.3) is 12.4 Å². The minimum absolute atomic E-state index is 0. The summed E-state index contributed by atoms with van der Waals surface area (Å²) in [7, 11) is 7.15. The van der Waals surface area contributed by atoms with Gasteiger partial charge in [-0.15, -0.1) is 6.54 Å². The van der Waals surface area contributed by atoms with Crippen LogP contribution in [0.25, 0.3) is 39.0 Å². The second kappa shape index (κ2) is 26.4. The number of likely N-dealkylation sites (tertiary alicyclic amines) is 1. The van der Waals surface area contributed by atoms with Crippen LogP contribution in [-0.2, 0) is 48.0 Å². The molecule has 67 heavy (non-hydrogen) atoms. The predicted octanol–water partition coefficient (Wildman–Crippen LogP) is 4.82. The van der Waals surface area contributed by atoms with Gasteiger partial charge in [-0.2, -0.15) is 0 Å². The molecule has 0 bridgehead atoms. The fourth-order valence-electron chi connectivity index (χ4n) is 9.08. The average Bonchev–Trinajstić information content (AvgIpc) is 3.89. The average molecular weight is 931 g/mol. The summed E-state index contributed by atoms with van der Waals surface area (Å²) in [4.78, 5) is 57.7. The normalized spacial score (nSPS) is 15.0. The summed E-state index contributed by atoms with van der Waals surface area (Å²) in [6.07, 6.45) is 4.46. The summed E-state index contributed by atoms with van der Waals surface area (Å²) >= 11 is 0. The van der Waals surface area contributed by atoms with Crippen molar-refractivity contribution in [3.05, 3.63) is 95.1 Å². The molecule has 3 N–H and O–H groups in total. The Morgan fingerprint density at radius 1 is 1.06 bits per heavy atom. The zero-order valence-corrected chi connectivity index (χ0v) is 44.5. The van der Waals surface area contributed by atoms with Crippen molar-refractivity contribution in [2.75, 3.05) is 61.0 Å². The number of hydrogen-bond acceptors (Lipinski definition) is 10. The van der Waals surface area contributed by atoms with Gasteiger partial charge in [0.05, 0.1) is 30.1 Å². The second-order valence-corrected chi connectivity index (χ2v) is 18.8. The molecule has 14 nitrogen and oxygen atoms in total. The van der Waals surface area contributed by atoms with Crippen LogP contribution >= 0.6 is 0 Å². The third kappa shape index (κ3) is 14.8. The number of hydrogen-bond donors (Lipinski definition) is 2. The molecule has 1 saturated heterocycles. The number of nitrogens with zero attached hydrogens (tertiary/aromatic N) is 5. The SMILES string of the molecule is C=C(C[NH-])N1CCC(C=O)C1.CCNN(C)C(=O)C(Cc1cc(C)cc(-c2ccc3c(c2)c(CC(C)(C)COC=O)c(-c2cccnc2C(C)OC)n3CC)c1)NC(=O)C(C(C)C)N(C)C.[Na+]. The Morgan fingerprint density at radius 3 is 2.36 bits per heavy atom. The third-order valence-electron chi connectivity index (χ3n) is 12.3. The Hall–Kier alpha value is -4.41. The van der Waals surface area contributed by atoms with Crippen LogP contribution in [0.5, 0.6) is 0 Å². The molecular formula is C52H75N8NaO6. The van der Waals surface area contributed by atoms with Crippen molar-refractivity contribution < 1.29 is 58.2 Å². The number of benzene rings is 2.